The third kappa shape index (κ3) is 9.99. The van der Waals surface area contributed by atoms with Crippen molar-refractivity contribution in [3.63, 3.8) is 0 Å². The van der Waals surface area contributed by atoms with Gasteiger partial charge in [0.2, 0.25) is 0 Å². The molecular formula is C19H33IN4OS. The summed E-state index contributed by atoms with van der Waals surface area (Å²) in [4.78, 5) is 8.40. The predicted molar refractivity (Wildman–Crippen MR) is 123 cm³/mol. The first kappa shape index (κ1) is 23.5. The topological polar surface area (TPSA) is 59.9 Å². The van der Waals surface area contributed by atoms with Crippen LogP contribution in [0.5, 0.6) is 0 Å². The van der Waals surface area contributed by atoms with Crippen LogP contribution in [0.15, 0.2) is 40.2 Å². The monoisotopic (exact) mass is 492 g/mol. The van der Waals surface area contributed by atoms with Gasteiger partial charge in [-0.1, -0.05) is 18.2 Å². The zero-order valence-corrected chi connectivity index (χ0v) is 18.8. The van der Waals surface area contributed by atoms with Crippen LogP contribution < -0.4 is 10.6 Å². The molecule has 0 spiro atoms. The molecule has 148 valence electrons. The Morgan fingerprint density at radius 2 is 1.96 bits per heavy atom. The lowest BCUT2D eigenvalue weighted by Gasteiger charge is -2.29. The minimum absolute atomic E-state index is 0. The third-order valence-electron chi connectivity index (χ3n) is 4.21. The molecule has 2 rings (SSSR count). The molecule has 0 aliphatic carbocycles. The van der Waals surface area contributed by atoms with Crippen LogP contribution in [0, 0.1) is 0 Å². The van der Waals surface area contributed by atoms with E-state index in [9.17, 15) is 5.11 Å². The summed E-state index contributed by atoms with van der Waals surface area (Å²) in [6.45, 7) is 7.80. The van der Waals surface area contributed by atoms with Gasteiger partial charge in [0.15, 0.2) is 5.96 Å². The number of hydrogen-bond acceptors (Lipinski definition) is 4. The SMILES string of the molecule is CCNC(=NCCCN1CCC(O)CC1)NCCSc1ccccc1.I. The first-order valence-electron chi connectivity index (χ1n) is 9.38. The van der Waals surface area contributed by atoms with Gasteiger partial charge >= 0.3 is 0 Å². The Morgan fingerprint density at radius 1 is 1.23 bits per heavy atom. The van der Waals surface area contributed by atoms with E-state index in [1.165, 1.54) is 4.90 Å². The Hall–Kier alpha value is -0.510. The standard InChI is InChI=1S/C19H32N4OS.HI/c1-2-20-19(22-12-16-25-18-7-4-3-5-8-18)21-11-6-13-23-14-9-17(24)10-15-23;/h3-5,7-8,17,24H,2,6,9-16H2,1H3,(H2,20,21,22);1H. The van der Waals surface area contributed by atoms with Gasteiger partial charge in [0.25, 0.3) is 0 Å². The van der Waals surface area contributed by atoms with Crippen molar-refractivity contribution in [1.82, 2.24) is 15.5 Å². The number of guanidine groups is 1. The molecule has 1 aliphatic heterocycles. The number of aliphatic hydroxyl groups is 1. The van der Waals surface area contributed by atoms with E-state index in [-0.39, 0.29) is 30.1 Å². The fourth-order valence-electron chi connectivity index (χ4n) is 2.82. The highest BCUT2D eigenvalue weighted by Crippen LogP contribution is 2.15. The summed E-state index contributed by atoms with van der Waals surface area (Å²) in [6.07, 6.45) is 2.79. The van der Waals surface area contributed by atoms with Gasteiger partial charge in [-0.05, 0) is 44.9 Å². The molecule has 0 unspecified atom stereocenters. The Kier molecular flexibility index (Phi) is 13.2. The fourth-order valence-corrected chi connectivity index (χ4v) is 3.61. The first-order chi connectivity index (χ1) is 12.3. The Balaban J connectivity index is 0.00000338. The number of halogens is 1. The maximum atomic E-state index is 9.54. The van der Waals surface area contributed by atoms with E-state index >= 15 is 0 Å². The Labute approximate surface area is 179 Å². The lowest BCUT2D eigenvalue weighted by Crippen LogP contribution is -2.39. The van der Waals surface area contributed by atoms with E-state index < -0.39 is 0 Å². The summed E-state index contributed by atoms with van der Waals surface area (Å²) in [6, 6.07) is 10.5. The lowest BCUT2D eigenvalue weighted by atomic mass is 10.1. The molecule has 26 heavy (non-hydrogen) atoms. The van der Waals surface area contributed by atoms with Crippen molar-refractivity contribution in [3.05, 3.63) is 30.3 Å². The van der Waals surface area contributed by atoms with E-state index in [1.807, 2.05) is 17.8 Å². The van der Waals surface area contributed by atoms with E-state index in [2.05, 4.69) is 51.7 Å². The maximum Gasteiger partial charge on any atom is 0.191 e. The van der Waals surface area contributed by atoms with Gasteiger partial charge in [-0.2, -0.15) is 0 Å². The van der Waals surface area contributed by atoms with Gasteiger partial charge in [0.05, 0.1) is 6.10 Å². The van der Waals surface area contributed by atoms with E-state index in [0.29, 0.717) is 0 Å². The molecule has 1 aliphatic rings. The van der Waals surface area contributed by atoms with Gasteiger partial charge < -0.3 is 20.6 Å². The smallest absolute Gasteiger partial charge is 0.191 e. The van der Waals surface area contributed by atoms with Gasteiger partial charge in [-0.3, -0.25) is 4.99 Å². The summed E-state index contributed by atoms with van der Waals surface area (Å²) in [5.41, 5.74) is 0. The number of thioether (sulfide) groups is 1. The molecule has 0 aromatic heterocycles. The summed E-state index contributed by atoms with van der Waals surface area (Å²) in [5.74, 6) is 1.93. The van der Waals surface area contributed by atoms with Gasteiger partial charge in [0.1, 0.15) is 0 Å². The molecule has 0 atom stereocenters. The van der Waals surface area contributed by atoms with Crippen molar-refractivity contribution < 1.29 is 5.11 Å². The third-order valence-corrected chi connectivity index (χ3v) is 5.22. The molecule has 1 aromatic rings. The molecule has 1 fully saturated rings. The van der Waals surface area contributed by atoms with Crippen LogP contribution in [0.1, 0.15) is 26.2 Å². The normalized spacial score (nSPS) is 16.2. The second-order valence-electron chi connectivity index (χ2n) is 6.28. The van der Waals surface area contributed by atoms with Crippen LogP contribution in [-0.2, 0) is 0 Å². The molecule has 1 heterocycles. The lowest BCUT2D eigenvalue weighted by molar-refractivity contribution is 0.0824. The maximum absolute atomic E-state index is 9.54. The van der Waals surface area contributed by atoms with E-state index in [1.54, 1.807) is 0 Å². The number of aliphatic imine (C=N–C) groups is 1. The van der Waals surface area contributed by atoms with Crippen LogP contribution in [-0.4, -0.2) is 67.1 Å². The summed E-state index contributed by atoms with van der Waals surface area (Å²) >= 11 is 1.86. The van der Waals surface area contributed by atoms with Crippen molar-refractivity contribution >= 4 is 41.7 Å². The molecule has 0 amide bonds. The highest BCUT2D eigenvalue weighted by molar-refractivity contribution is 14.0. The second kappa shape index (κ2) is 14.5. The molecule has 1 saturated heterocycles. The van der Waals surface area contributed by atoms with Crippen LogP contribution in [0.2, 0.25) is 0 Å². The van der Waals surface area contributed by atoms with Gasteiger partial charge in [0, 0.05) is 43.4 Å². The number of hydrogen-bond donors (Lipinski definition) is 3. The number of rotatable bonds is 9. The number of likely N-dealkylation sites (tertiary alicyclic amines) is 1. The predicted octanol–water partition coefficient (Wildman–Crippen LogP) is 2.80. The zero-order valence-electron chi connectivity index (χ0n) is 15.7. The fraction of sp³-hybridized carbons (Fsp3) is 0.632. The molecule has 1 aromatic carbocycles. The molecule has 0 saturated carbocycles. The van der Waals surface area contributed by atoms with Gasteiger partial charge in [-0.25, -0.2) is 0 Å². The summed E-state index contributed by atoms with van der Waals surface area (Å²) in [7, 11) is 0. The summed E-state index contributed by atoms with van der Waals surface area (Å²) in [5, 5.41) is 16.3. The minimum atomic E-state index is -0.0902. The average Bonchev–Trinajstić information content (AvgIpc) is 2.64. The van der Waals surface area contributed by atoms with Crippen LogP contribution in [0.4, 0.5) is 0 Å². The van der Waals surface area contributed by atoms with E-state index in [4.69, 9.17) is 0 Å². The zero-order chi connectivity index (χ0) is 17.7. The van der Waals surface area contributed by atoms with Crippen molar-refractivity contribution in [2.75, 3.05) is 45.0 Å². The number of nitrogens with one attached hydrogen (secondary N) is 2. The van der Waals surface area contributed by atoms with Crippen molar-refractivity contribution in [3.8, 4) is 0 Å². The molecule has 0 radical (unpaired) electrons. The Morgan fingerprint density at radius 3 is 2.65 bits per heavy atom. The molecule has 7 heteroatoms. The number of piperidine rings is 1. The first-order valence-corrected chi connectivity index (χ1v) is 10.4. The van der Waals surface area contributed by atoms with Crippen LogP contribution in [0.3, 0.4) is 0 Å². The van der Waals surface area contributed by atoms with E-state index in [0.717, 1.165) is 70.2 Å². The minimum Gasteiger partial charge on any atom is -0.393 e. The van der Waals surface area contributed by atoms with Crippen LogP contribution in [0.25, 0.3) is 0 Å². The second-order valence-corrected chi connectivity index (χ2v) is 7.44. The molecule has 5 nitrogen and oxygen atoms in total. The van der Waals surface area contributed by atoms with Crippen molar-refractivity contribution in [2.45, 2.75) is 37.2 Å². The molecule has 0 bridgehead atoms. The number of aliphatic hydroxyl groups excluding tert-OH is 1. The highest BCUT2D eigenvalue weighted by atomic mass is 127. The average molecular weight is 492 g/mol. The summed E-state index contributed by atoms with van der Waals surface area (Å²) < 4.78 is 0. The van der Waals surface area contributed by atoms with Gasteiger partial charge in [-0.15, -0.1) is 35.7 Å². The highest BCUT2D eigenvalue weighted by Gasteiger charge is 2.15. The quantitative estimate of drug-likeness (QED) is 0.163. The molecule has 3 N–H and O–H groups in total. The Bertz CT molecular complexity index is 496. The number of nitrogens with zero attached hydrogens (tertiary/aromatic N) is 2. The molecular weight excluding hydrogens is 459 g/mol. The largest absolute Gasteiger partial charge is 0.393 e. The van der Waals surface area contributed by atoms with Crippen LogP contribution >= 0.6 is 35.7 Å². The number of benzene rings is 1. The van der Waals surface area contributed by atoms with Crippen molar-refractivity contribution in [1.29, 1.82) is 0 Å². The van der Waals surface area contributed by atoms with Crippen molar-refractivity contribution in [2.24, 2.45) is 4.99 Å².